The number of benzene rings is 3. The maximum absolute atomic E-state index is 12.1. The van der Waals surface area contributed by atoms with Crippen LogP contribution in [-0.4, -0.2) is 32.3 Å². The standard InChI is InChI=1S/C30H37NO4Si/c1-29(2,3)34-28(33)31-24(22-32)21-23-17-19-25(20-18-23)35-36(30(4,5)6,26-13-9-7-10-14-26)27-15-11-8-12-16-27/h7-20,22,24H,21H2,1-6H3,(H,31,33)/t24-/m0/s1. The molecule has 0 aromatic heterocycles. The van der Waals surface area contributed by atoms with Crippen molar-refractivity contribution in [2.75, 3.05) is 0 Å². The van der Waals surface area contributed by atoms with Crippen LogP contribution in [0.1, 0.15) is 47.1 Å². The Morgan fingerprint density at radius 3 is 1.75 bits per heavy atom. The quantitative estimate of drug-likeness (QED) is 0.336. The van der Waals surface area contributed by atoms with Gasteiger partial charge in [-0.1, -0.05) is 93.6 Å². The fourth-order valence-electron chi connectivity index (χ4n) is 4.37. The second-order valence-corrected chi connectivity index (χ2v) is 15.2. The van der Waals surface area contributed by atoms with Gasteiger partial charge in [0.25, 0.3) is 0 Å². The SMILES string of the molecule is CC(C)(C)OC(=O)N[C@H](C=O)Cc1ccc(O[Si](c2ccccc2)(c2ccccc2)C(C)(C)C)cc1. The van der Waals surface area contributed by atoms with Crippen molar-refractivity contribution in [3.63, 3.8) is 0 Å². The predicted molar refractivity (Wildman–Crippen MR) is 148 cm³/mol. The molecule has 190 valence electrons. The Kier molecular flexibility index (Phi) is 8.41. The molecule has 6 heteroatoms. The summed E-state index contributed by atoms with van der Waals surface area (Å²) in [7, 11) is -2.72. The normalized spacial score (nSPS) is 12.9. The number of carbonyl (C=O) groups excluding carboxylic acids is 2. The average Bonchev–Trinajstić information content (AvgIpc) is 2.82. The molecule has 1 atom stereocenters. The van der Waals surface area contributed by atoms with Crippen molar-refractivity contribution >= 4 is 31.1 Å². The molecule has 0 bridgehead atoms. The molecular formula is C30H37NO4Si. The van der Waals surface area contributed by atoms with E-state index in [9.17, 15) is 9.59 Å². The highest BCUT2D eigenvalue weighted by Crippen LogP contribution is 2.37. The fourth-order valence-corrected chi connectivity index (χ4v) is 8.79. The number of aldehydes is 1. The maximum Gasteiger partial charge on any atom is 0.408 e. The summed E-state index contributed by atoms with van der Waals surface area (Å²) in [4.78, 5) is 23.7. The van der Waals surface area contributed by atoms with Gasteiger partial charge in [0.05, 0.1) is 6.04 Å². The van der Waals surface area contributed by atoms with Crippen LogP contribution in [0.4, 0.5) is 4.79 Å². The highest BCUT2D eigenvalue weighted by molar-refractivity contribution is 7.00. The average molecular weight is 504 g/mol. The predicted octanol–water partition coefficient (Wildman–Crippen LogP) is 5.26. The van der Waals surface area contributed by atoms with E-state index in [1.54, 1.807) is 20.8 Å². The molecule has 0 saturated heterocycles. The summed E-state index contributed by atoms with van der Waals surface area (Å²) in [6, 6.07) is 28.1. The summed E-state index contributed by atoms with van der Waals surface area (Å²) < 4.78 is 12.3. The molecule has 0 fully saturated rings. The second-order valence-electron chi connectivity index (χ2n) is 11.0. The van der Waals surface area contributed by atoms with Crippen LogP contribution in [0.3, 0.4) is 0 Å². The van der Waals surface area contributed by atoms with E-state index in [2.05, 4.69) is 74.6 Å². The lowest BCUT2D eigenvalue weighted by atomic mass is 10.1. The van der Waals surface area contributed by atoms with Gasteiger partial charge in [0.2, 0.25) is 0 Å². The first kappa shape index (κ1) is 27.2. The van der Waals surface area contributed by atoms with Gasteiger partial charge in [0.1, 0.15) is 17.6 Å². The number of hydrogen-bond donors (Lipinski definition) is 1. The van der Waals surface area contributed by atoms with Crippen LogP contribution in [0.25, 0.3) is 0 Å². The number of amides is 1. The highest BCUT2D eigenvalue weighted by Gasteiger charge is 2.52. The summed E-state index contributed by atoms with van der Waals surface area (Å²) >= 11 is 0. The smallest absolute Gasteiger partial charge is 0.408 e. The molecule has 3 rings (SSSR count). The third-order valence-electron chi connectivity index (χ3n) is 5.93. The van der Waals surface area contributed by atoms with Crippen LogP contribution in [0, 0.1) is 0 Å². The molecule has 0 radical (unpaired) electrons. The minimum absolute atomic E-state index is 0.145. The van der Waals surface area contributed by atoms with E-state index >= 15 is 0 Å². The summed E-state index contributed by atoms with van der Waals surface area (Å²) in [5.41, 5.74) is 0.287. The zero-order valence-electron chi connectivity index (χ0n) is 22.1. The molecule has 0 aliphatic rings. The Hall–Kier alpha value is -3.38. The Balaban J connectivity index is 1.88. The van der Waals surface area contributed by atoms with Gasteiger partial charge in [-0.3, -0.25) is 0 Å². The van der Waals surface area contributed by atoms with Gasteiger partial charge in [0.15, 0.2) is 0 Å². The summed E-state index contributed by atoms with van der Waals surface area (Å²) in [6.45, 7) is 12.1. The van der Waals surface area contributed by atoms with E-state index < -0.39 is 26.1 Å². The fraction of sp³-hybridized carbons (Fsp3) is 0.333. The van der Waals surface area contributed by atoms with Crippen molar-refractivity contribution in [2.45, 2.75) is 64.6 Å². The molecule has 5 nitrogen and oxygen atoms in total. The number of rotatable bonds is 8. The number of nitrogens with one attached hydrogen (secondary N) is 1. The first-order chi connectivity index (χ1) is 16.9. The highest BCUT2D eigenvalue weighted by atomic mass is 28.4. The van der Waals surface area contributed by atoms with E-state index in [0.717, 1.165) is 17.6 Å². The third kappa shape index (κ3) is 6.64. The Bertz CT molecular complexity index is 1090. The van der Waals surface area contributed by atoms with E-state index in [4.69, 9.17) is 9.16 Å². The van der Waals surface area contributed by atoms with Gasteiger partial charge in [-0.25, -0.2) is 4.79 Å². The van der Waals surface area contributed by atoms with Crippen molar-refractivity contribution < 1.29 is 18.8 Å². The Labute approximate surface area is 216 Å². The topological polar surface area (TPSA) is 64.6 Å². The molecule has 0 unspecified atom stereocenters. The van der Waals surface area contributed by atoms with E-state index in [1.807, 2.05) is 36.4 Å². The molecule has 0 heterocycles. The first-order valence-corrected chi connectivity index (χ1v) is 14.2. The Morgan fingerprint density at radius 2 is 1.33 bits per heavy atom. The summed E-state index contributed by atoms with van der Waals surface area (Å²) in [5.74, 6) is 0.774. The van der Waals surface area contributed by atoms with E-state index in [1.165, 1.54) is 10.4 Å². The summed E-state index contributed by atoms with van der Waals surface area (Å²) in [5, 5.41) is 4.90. The minimum Gasteiger partial charge on any atom is -0.534 e. The van der Waals surface area contributed by atoms with Crippen molar-refractivity contribution in [1.29, 1.82) is 0 Å². The molecule has 0 aliphatic carbocycles. The van der Waals surface area contributed by atoms with Crippen molar-refractivity contribution in [3.05, 3.63) is 90.5 Å². The molecule has 1 N–H and O–H groups in total. The van der Waals surface area contributed by atoms with Gasteiger partial charge in [-0.15, -0.1) is 0 Å². The lowest BCUT2D eigenvalue weighted by molar-refractivity contribution is -0.109. The minimum atomic E-state index is -2.72. The van der Waals surface area contributed by atoms with Crippen LogP contribution in [0.15, 0.2) is 84.9 Å². The first-order valence-electron chi connectivity index (χ1n) is 12.3. The van der Waals surface area contributed by atoms with Crippen molar-refractivity contribution in [1.82, 2.24) is 5.32 Å². The summed E-state index contributed by atoms with van der Waals surface area (Å²) in [6.07, 6.45) is 0.491. The lowest BCUT2D eigenvalue weighted by Gasteiger charge is -2.43. The van der Waals surface area contributed by atoms with Crippen molar-refractivity contribution in [2.24, 2.45) is 0 Å². The third-order valence-corrected chi connectivity index (χ3v) is 10.9. The van der Waals surface area contributed by atoms with Crippen LogP contribution in [0.2, 0.25) is 5.04 Å². The second kappa shape index (κ2) is 11.1. The molecule has 0 aliphatic heterocycles. The molecule has 3 aromatic carbocycles. The molecule has 36 heavy (non-hydrogen) atoms. The van der Waals surface area contributed by atoms with Crippen LogP contribution in [0.5, 0.6) is 5.75 Å². The number of hydrogen-bond acceptors (Lipinski definition) is 4. The van der Waals surface area contributed by atoms with Gasteiger partial charge in [-0.05, 0) is 60.3 Å². The molecule has 0 spiro atoms. The number of alkyl carbamates (subject to hydrolysis) is 1. The maximum atomic E-state index is 12.1. The number of ether oxygens (including phenoxy) is 1. The van der Waals surface area contributed by atoms with Crippen LogP contribution < -0.4 is 20.1 Å². The van der Waals surface area contributed by atoms with Crippen LogP contribution in [-0.2, 0) is 16.0 Å². The molecule has 3 aromatic rings. The lowest BCUT2D eigenvalue weighted by Crippen LogP contribution is -2.68. The largest absolute Gasteiger partial charge is 0.534 e. The van der Waals surface area contributed by atoms with Gasteiger partial charge < -0.3 is 19.3 Å². The van der Waals surface area contributed by atoms with Gasteiger partial charge in [0, 0.05) is 0 Å². The zero-order valence-corrected chi connectivity index (χ0v) is 23.1. The van der Waals surface area contributed by atoms with Gasteiger partial charge in [-0.2, -0.15) is 0 Å². The number of carbonyl (C=O) groups is 2. The van der Waals surface area contributed by atoms with E-state index in [0.29, 0.717) is 6.42 Å². The van der Waals surface area contributed by atoms with Gasteiger partial charge >= 0.3 is 14.4 Å². The zero-order chi connectivity index (χ0) is 26.4. The molecule has 1 amide bonds. The monoisotopic (exact) mass is 503 g/mol. The van der Waals surface area contributed by atoms with Crippen LogP contribution >= 0.6 is 0 Å². The van der Waals surface area contributed by atoms with E-state index in [-0.39, 0.29) is 5.04 Å². The molecular weight excluding hydrogens is 466 g/mol. The molecule has 0 saturated carbocycles. The van der Waals surface area contributed by atoms with Crippen molar-refractivity contribution in [3.8, 4) is 5.75 Å². The Morgan fingerprint density at radius 1 is 0.833 bits per heavy atom.